The third-order valence-corrected chi connectivity index (χ3v) is 6.93. The van der Waals surface area contributed by atoms with Crippen molar-refractivity contribution >= 4 is 24.8 Å². The van der Waals surface area contributed by atoms with Gasteiger partial charge in [-0.2, -0.15) is 0 Å². The number of benzene rings is 1. The summed E-state index contributed by atoms with van der Waals surface area (Å²) >= 11 is 0. The number of likely N-dealkylation sites (tertiary alicyclic amines) is 1. The highest BCUT2D eigenvalue weighted by atomic mass is 35.5. The molecule has 0 bridgehead atoms. The molecule has 1 atom stereocenters. The van der Waals surface area contributed by atoms with Gasteiger partial charge >= 0.3 is 0 Å². The van der Waals surface area contributed by atoms with Crippen LogP contribution in [0.3, 0.4) is 0 Å². The molecule has 4 rings (SSSR count). The predicted molar refractivity (Wildman–Crippen MR) is 134 cm³/mol. The Balaban J connectivity index is 0.00000181. The monoisotopic (exact) mass is 487 g/mol. The van der Waals surface area contributed by atoms with Crippen LogP contribution in [-0.2, 0) is 6.54 Å². The molecule has 1 unspecified atom stereocenters. The summed E-state index contributed by atoms with van der Waals surface area (Å²) in [4.78, 5) is 4.80. The minimum atomic E-state index is -0.495. The van der Waals surface area contributed by atoms with Crippen LogP contribution in [0.15, 0.2) is 30.4 Å². The van der Waals surface area contributed by atoms with Gasteiger partial charge in [0.1, 0.15) is 12.7 Å². The van der Waals surface area contributed by atoms with Gasteiger partial charge in [-0.25, -0.2) is 0 Å². The molecular formula is C24H39Cl2N3O3. The van der Waals surface area contributed by atoms with E-state index in [0.717, 1.165) is 58.0 Å². The lowest BCUT2D eigenvalue weighted by atomic mass is 9.78. The van der Waals surface area contributed by atoms with Gasteiger partial charge in [-0.15, -0.1) is 24.8 Å². The van der Waals surface area contributed by atoms with Gasteiger partial charge in [-0.1, -0.05) is 18.2 Å². The Labute approximate surface area is 205 Å². The Morgan fingerprint density at radius 2 is 1.88 bits per heavy atom. The highest BCUT2D eigenvalue weighted by molar-refractivity contribution is 5.85. The summed E-state index contributed by atoms with van der Waals surface area (Å²) in [5.74, 6) is 1.44. The van der Waals surface area contributed by atoms with Crippen LogP contribution in [0.2, 0.25) is 0 Å². The van der Waals surface area contributed by atoms with Crippen molar-refractivity contribution in [1.29, 1.82) is 0 Å². The lowest BCUT2D eigenvalue weighted by molar-refractivity contribution is 0.0402. The quantitative estimate of drug-likeness (QED) is 0.549. The molecule has 3 heterocycles. The molecule has 2 saturated heterocycles. The molecule has 2 N–H and O–H groups in total. The maximum atomic E-state index is 10.5. The van der Waals surface area contributed by atoms with E-state index in [1.54, 1.807) is 7.11 Å². The first-order valence-electron chi connectivity index (χ1n) is 11.4. The van der Waals surface area contributed by atoms with Crippen LogP contribution in [-0.4, -0.2) is 80.5 Å². The highest BCUT2D eigenvalue weighted by Gasteiger charge is 2.37. The van der Waals surface area contributed by atoms with Crippen molar-refractivity contribution in [1.82, 2.24) is 15.1 Å². The molecule has 1 aromatic rings. The number of piperidine rings is 1. The Hall–Kier alpha value is -1.02. The summed E-state index contributed by atoms with van der Waals surface area (Å²) in [7, 11) is 1.67. The molecule has 0 saturated carbocycles. The maximum absolute atomic E-state index is 10.5. The van der Waals surface area contributed by atoms with Gasteiger partial charge in [-0.3, -0.25) is 4.90 Å². The predicted octanol–water partition coefficient (Wildman–Crippen LogP) is 3.12. The average Bonchev–Trinajstić information content (AvgIpc) is 3.23. The van der Waals surface area contributed by atoms with Gasteiger partial charge in [0.2, 0.25) is 0 Å². The third-order valence-electron chi connectivity index (χ3n) is 6.93. The number of hydrogen-bond donors (Lipinski definition) is 2. The van der Waals surface area contributed by atoms with E-state index in [0.29, 0.717) is 17.7 Å². The molecule has 0 aromatic heterocycles. The van der Waals surface area contributed by atoms with Crippen LogP contribution in [0.5, 0.6) is 11.5 Å². The van der Waals surface area contributed by atoms with Gasteiger partial charge < -0.3 is 24.8 Å². The fourth-order valence-corrected chi connectivity index (χ4v) is 4.99. The van der Waals surface area contributed by atoms with E-state index in [-0.39, 0.29) is 31.4 Å². The standard InChI is InChI=1S/C24H37N3O3.2ClH/c1-29-23-15-20(16-26-11-3-2-4-12-26)5-6-22(23)30-18-21(28)17-27-13-8-24(9-14-27)7-10-25-19-24;;/h2-3,5-6,15,21,25,28H,4,7-14,16-19H2,1H3;2*1H. The second-order valence-electron chi connectivity index (χ2n) is 9.17. The Kier molecular flexibility index (Phi) is 11.1. The van der Waals surface area contributed by atoms with Crippen molar-refractivity contribution in [3.8, 4) is 11.5 Å². The van der Waals surface area contributed by atoms with Crippen LogP contribution >= 0.6 is 24.8 Å². The van der Waals surface area contributed by atoms with Gasteiger partial charge in [0.25, 0.3) is 0 Å². The molecular weight excluding hydrogens is 449 g/mol. The summed E-state index contributed by atoms with van der Waals surface area (Å²) < 4.78 is 11.5. The highest BCUT2D eigenvalue weighted by Crippen LogP contribution is 2.37. The van der Waals surface area contributed by atoms with Gasteiger partial charge in [0, 0.05) is 32.7 Å². The first-order valence-corrected chi connectivity index (χ1v) is 11.4. The van der Waals surface area contributed by atoms with Crippen molar-refractivity contribution in [2.24, 2.45) is 5.41 Å². The van der Waals surface area contributed by atoms with Crippen molar-refractivity contribution in [3.05, 3.63) is 35.9 Å². The van der Waals surface area contributed by atoms with Crippen LogP contribution in [0.1, 0.15) is 31.2 Å². The topological polar surface area (TPSA) is 57.2 Å². The molecule has 0 aliphatic carbocycles. The molecule has 3 aliphatic heterocycles. The molecule has 32 heavy (non-hydrogen) atoms. The van der Waals surface area contributed by atoms with Gasteiger partial charge in [-0.05, 0) is 68.4 Å². The summed E-state index contributed by atoms with van der Waals surface area (Å²) in [5, 5.41) is 14.0. The van der Waals surface area contributed by atoms with Crippen molar-refractivity contribution < 1.29 is 14.6 Å². The number of nitrogens with one attached hydrogen (secondary N) is 1. The zero-order chi connectivity index (χ0) is 20.8. The fourth-order valence-electron chi connectivity index (χ4n) is 4.99. The Morgan fingerprint density at radius 1 is 1.06 bits per heavy atom. The zero-order valence-electron chi connectivity index (χ0n) is 19.1. The lowest BCUT2D eigenvalue weighted by Crippen LogP contribution is -2.45. The molecule has 0 radical (unpaired) electrons. The summed E-state index contributed by atoms with van der Waals surface area (Å²) in [6.45, 7) is 8.43. The van der Waals surface area contributed by atoms with E-state index >= 15 is 0 Å². The first kappa shape index (κ1) is 27.2. The molecule has 6 nitrogen and oxygen atoms in total. The number of β-amino-alcohol motifs (C(OH)–C–C–N with tert-alkyl or cyclic N) is 1. The average molecular weight is 489 g/mol. The van der Waals surface area contributed by atoms with Gasteiger partial charge in [0.05, 0.1) is 7.11 Å². The van der Waals surface area contributed by atoms with E-state index in [9.17, 15) is 5.11 Å². The lowest BCUT2D eigenvalue weighted by Gasteiger charge is -2.39. The number of methoxy groups -OCH3 is 1. The van der Waals surface area contributed by atoms with E-state index in [1.165, 1.54) is 24.8 Å². The first-order chi connectivity index (χ1) is 14.7. The minimum Gasteiger partial charge on any atom is -0.493 e. The van der Waals surface area contributed by atoms with E-state index in [2.05, 4.69) is 39.4 Å². The van der Waals surface area contributed by atoms with Crippen LogP contribution in [0, 0.1) is 5.41 Å². The normalized spacial score (nSPS) is 21.6. The molecule has 0 amide bonds. The number of aliphatic hydroxyl groups is 1. The molecule has 3 aliphatic rings. The number of ether oxygens (including phenoxy) is 2. The van der Waals surface area contributed by atoms with Gasteiger partial charge in [0.15, 0.2) is 11.5 Å². The van der Waals surface area contributed by atoms with Crippen LogP contribution < -0.4 is 14.8 Å². The summed E-state index contributed by atoms with van der Waals surface area (Å²) in [5.41, 5.74) is 1.73. The summed E-state index contributed by atoms with van der Waals surface area (Å²) in [6.07, 6.45) is 8.86. The molecule has 2 fully saturated rings. The molecule has 8 heteroatoms. The minimum absolute atomic E-state index is 0. The number of hydrogen-bond acceptors (Lipinski definition) is 6. The van der Waals surface area contributed by atoms with Crippen LogP contribution in [0.25, 0.3) is 0 Å². The Bertz CT molecular complexity index is 718. The zero-order valence-corrected chi connectivity index (χ0v) is 20.8. The van der Waals surface area contributed by atoms with Crippen molar-refractivity contribution in [2.75, 3.05) is 59.5 Å². The SMILES string of the molecule is COc1cc(CN2CC=CCC2)ccc1OCC(O)CN1CCC2(CCNC2)CC1.Cl.Cl. The molecule has 1 spiro atoms. The van der Waals surface area contributed by atoms with Crippen LogP contribution in [0.4, 0.5) is 0 Å². The second kappa shape index (κ2) is 13.0. The molecule has 182 valence electrons. The fraction of sp³-hybridized carbons (Fsp3) is 0.667. The van der Waals surface area contributed by atoms with Crippen molar-refractivity contribution in [2.45, 2.75) is 38.3 Å². The number of halogens is 2. The van der Waals surface area contributed by atoms with E-state index in [4.69, 9.17) is 9.47 Å². The van der Waals surface area contributed by atoms with E-state index < -0.39 is 6.10 Å². The number of rotatable bonds is 8. The Morgan fingerprint density at radius 3 is 2.53 bits per heavy atom. The van der Waals surface area contributed by atoms with E-state index in [1.807, 2.05) is 6.07 Å². The maximum Gasteiger partial charge on any atom is 0.161 e. The summed E-state index contributed by atoms with van der Waals surface area (Å²) in [6, 6.07) is 6.13. The van der Waals surface area contributed by atoms with Crippen molar-refractivity contribution in [3.63, 3.8) is 0 Å². The molecule has 1 aromatic carbocycles. The number of aliphatic hydroxyl groups excluding tert-OH is 1. The third kappa shape index (κ3) is 7.24. The number of nitrogens with zero attached hydrogens (tertiary/aromatic N) is 2. The largest absolute Gasteiger partial charge is 0.493 e. The second-order valence-corrected chi connectivity index (χ2v) is 9.17. The smallest absolute Gasteiger partial charge is 0.161 e.